The van der Waals surface area contributed by atoms with Crippen molar-refractivity contribution in [1.82, 2.24) is 5.32 Å². The number of hydrogen-bond donors (Lipinski definition) is 2. The van der Waals surface area contributed by atoms with Gasteiger partial charge in [-0.1, -0.05) is 37.8 Å². The molecule has 0 bridgehead atoms. The molecule has 2 unspecified atom stereocenters. The number of nitrogens with one attached hydrogen (secondary N) is 2. The number of carbonyl (C=O) groups is 2. The minimum absolute atomic E-state index is 0.0226. The van der Waals surface area contributed by atoms with E-state index < -0.39 is 5.82 Å². The number of anilines is 1. The van der Waals surface area contributed by atoms with Crippen LogP contribution in [0.5, 0.6) is 0 Å². The van der Waals surface area contributed by atoms with Crippen LogP contribution in [0, 0.1) is 17.7 Å². The minimum atomic E-state index is -0.457. The molecule has 3 rings (SSSR count). The molecule has 2 N–H and O–H groups in total. The van der Waals surface area contributed by atoms with Gasteiger partial charge in [-0.3, -0.25) is 9.59 Å². The third-order valence-corrected chi connectivity index (χ3v) is 4.80. The third kappa shape index (κ3) is 4.09. The molecule has 23 heavy (non-hydrogen) atoms. The molecule has 0 aliphatic heterocycles. The molecule has 2 fully saturated rings. The zero-order valence-electron chi connectivity index (χ0n) is 13.2. The molecule has 0 heterocycles. The quantitative estimate of drug-likeness (QED) is 0.837. The molecule has 124 valence electrons. The molecule has 2 aliphatic rings. The Labute approximate surface area is 135 Å². The molecule has 2 atom stereocenters. The molecular weight excluding hydrogens is 295 g/mol. The largest absolute Gasteiger partial charge is 0.353 e. The average Bonchev–Trinajstić information content (AvgIpc) is 3.33. The Balaban J connectivity index is 1.49. The van der Waals surface area contributed by atoms with Gasteiger partial charge in [-0.15, -0.1) is 0 Å². The molecule has 4 nitrogen and oxygen atoms in total. The lowest BCUT2D eigenvalue weighted by Gasteiger charge is -2.16. The number of carbonyl (C=O) groups excluding carboxylic acids is 2. The summed E-state index contributed by atoms with van der Waals surface area (Å²) in [5.41, 5.74) is 0.173. The van der Waals surface area contributed by atoms with Gasteiger partial charge in [-0.2, -0.15) is 0 Å². The summed E-state index contributed by atoms with van der Waals surface area (Å²) < 4.78 is 13.5. The number of hydrogen-bond acceptors (Lipinski definition) is 2. The third-order valence-electron chi connectivity index (χ3n) is 4.80. The molecule has 1 aromatic carbocycles. The Bertz CT molecular complexity index is 582. The summed E-state index contributed by atoms with van der Waals surface area (Å²) in [7, 11) is 0. The van der Waals surface area contributed by atoms with Crippen LogP contribution in [-0.4, -0.2) is 17.9 Å². The second-order valence-electron chi connectivity index (χ2n) is 6.61. The molecule has 0 aromatic heterocycles. The minimum Gasteiger partial charge on any atom is -0.353 e. The number of halogens is 1. The SMILES string of the molecule is O=C(Nc1ccccc1F)C1CC1C(=O)NC1CCCCCC1. The van der Waals surface area contributed by atoms with Gasteiger partial charge in [0.15, 0.2) is 0 Å². The number of rotatable bonds is 4. The standard InChI is InChI=1S/C18H23FN2O2/c19-15-9-5-6-10-16(15)21-18(23)14-11-13(14)17(22)20-12-7-3-1-2-4-8-12/h5-6,9-10,12-14H,1-4,7-8,11H2,(H,20,22)(H,21,23). The van der Waals surface area contributed by atoms with Gasteiger partial charge in [0.1, 0.15) is 5.82 Å². The van der Waals surface area contributed by atoms with Crippen molar-refractivity contribution in [2.45, 2.75) is 51.0 Å². The predicted molar refractivity (Wildman–Crippen MR) is 86.3 cm³/mol. The van der Waals surface area contributed by atoms with Crippen molar-refractivity contribution in [3.63, 3.8) is 0 Å². The maximum absolute atomic E-state index is 13.5. The van der Waals surface area contributed by atoms with Crippen LogP contribution in [0.1, 0.15) is 44.9 Å². The summed E-state index contributed by atoms with van der Waals surface area (Å²) in [5, 5.41) is 5.66. The molecule has 0 spiro atoms. The lowest BCUT2D eigenvalue weighted by Crippen LogP contribution is -2.36. The first-order valence-electron chi connectivity index (χ1n) is 8.51. The maximum atomic E-state index is 13.5. The number of benzene rings is 1. The summed E-state index contributed by atoms with van der Waals surface area (Å²) >= 11 is 0. The van der Waals surface area contributed by atoms with E-state index in [9.17, 15) is 14.0 Å². The van der Waals surface area contributed by atoms with Crippen molar-refractivity contribution in [1.29, 1.82) is 0 Å². The van der Waals surface area contributed by atoms with Gasteiger partial charge in [0.05, 0.1) is 17.5 Å². The lowest BCUT2D eigenvalue weighted by atomic mass is 10.1. The topological polar surface area (TPSA) is 58.2 Å². The smallest absolute Gasteiger partial charge is 0.228 e. The fourth-order valence-corrected chi connectivity index (χ4v) is 3.29. The highest BCUT2D eigenvalue weighted by molar-refractivity contribution is 5.99. The van der Waals surface area contributed by atoms with Crippen molar-refractivity contribution in [3.8, 4) is 0 Å². The van der Waals surface area contributed by atoms with Crippen molar-refractivity contribution in [2.75, 3.05) is 5.32 Å². The van der Waals surface area contributed by atoms with Crippen molar-refractivity contribution >= 4 is 17.5 Å². The average molecular weight is 318 g/mol. The summed E-state index contributed by atoms with van der Waals surface area (Å²) in [6, 6.07) is 6.32. The summed E-state index contributed by atoms with van der Waals surface area (Å²) in [5.74, 6) is -1.34. The molecule has 2 saturated carbocycles. The fourth-order valence-electron chi connectivity index (χ4n) is 3.29. The zero-order valence-corrected chi connectivity index (χ0v) is 13.2. The van der Waals surface area contributed by atoms with Crippen LogP contribution in [0.4, 0.5) is 10.1 Å². The van der Waals surface area contributed by atoms with Crippen LogP contribution in [0.2, 0.25) is 0 Å². The van der Waals surface area contributed by atoms with Crippen LogP contribution in [0.3, 0.4) is 0 Å². The van der Waals surface area contributed by atoms with Gasteiger partial charge < -0.3 is 10.6 Å². The highest BCUT2D eigenvalue weighted by Crippen LogP contribution is 2.40. The first-order valence-corrected chi connectivity index (χ1v) is 8.51. The maximum Gasteiger partial charge on any atom is 0.228 e. The monoisotopic (exact) mass is 318 g/mol. The number of amides is 2. The Morgan fingerprint density at radius 3 is 2.30 bits per heavy atom. The van der Waals surface area contributed by atoms with E-state index >= 15 is 0 Å². The Kier molecular flexibility index (Phi) is 4.94. The van der Waals surface area contributed by atoms with Gasteiger partial charge in [-0.05, 0) is 31.4 Å². The molecular formula is C18H23FN2O2. The highest BCUT2D eigenvalue weighted by atomic mass is 19.1. The Morgan fingerprint density at radius 2 is 1.61 bits per heavy atom. The van der Waals surface area contributed by atoms with Crippen LogP contribution in [0.15, 0.2) is 24.3 Å². The van der Waals surface area contributed by atoms with Gasteiger partial charge in [0, 0.05) is 6.04 Å². The van der Waals surface area contributed by atoms with Crippen molar-refractivity contribution in [2.24, 2.45) is 11.8 Å². The van der Waals surface area contributed by atoms with E-state index in [1.165, 1.54) is 25.0 Å². The van der Waals surface area contributed by atoms with Crippen LogP contribution < -0.4 is 10.6 Å². The summed E-state index contributed by atoms with van der Waals surface area (Å²) in [6.07, 6.45) is 7.42. The molecule has 2 aliphatic carbocycles. The van der Waals surface area contributed by atoms with Crippen LogP contribution >= 0.6 is 0 Å². The normalized spacial score (nSPS) is 24.6. The zero-order chi connectivity index (χ0) is 16.2. The molecule has 1 aromatic rings. The van der Waals surface area contributed by atoms with Crippen molar-refractivity contribution in [3.05, 3.63) is 30.1 Å². The molecule has 0 saturated heterocycles. The first-order chi connectivity index (χ1) is 11.1. The van der Waals surface area contributed by atoms with E-state index in [0.29, 0.717) is 6.42 Å². The Morgan fingerprint density at radius 1 is 0.957 bits per heavy atom. The highest BCUT2D eigenvalue weighted by Gasteiger charge is 2.48. The van der Waals surface area contributed by atoms with E-state index in [-0.39, 0.29) is 35.4 Å². The summed E-state index contributed by atoms with van der Waals surface area (Å²) in [6.45, 7) is 0. The molecule has 5 heteroatoms. The second-order valence-corrected chi connectivity index (χ2v) is 6.61. The van der Waals surface area contributed by atoms with Gasteiger partial charge in [-0.25, -0.2) is 4.39 Å². The predicted octanol–water partition coefficient (Wildman–Crippen LogP) is 3.24. The van der Waals surface area contributed by atoms with Crippen LogP contribution in [0.25, 0.3) is 0 Å². The van der Waals surface area contributed by atoms with E-state index in [4.69, 9.17) is 0 Å². The summed E-state index contributed by atoms with van der Waals surface area (Å²) in [4.78, 5) is 24.4. The van der Waals surface area contributed by atoms with E-state index in [1.54, 1.807) is 12.1 Å². The second kappa shape index (κ2) is 7.11. The molecule has 0 radical (unpaired) electrons. The number of para-hydroxylation sites is 1. The van der Waals surface area contributed by atoms with Gasteiger partial charge in [0.25, 0.3) is 0 Å². The van der Waals surface area contributed by atoms with E-state index in [2.05, 4.69) is 10.6 Å². The van der Waals surface area contributed by atoms with Crippen LogP contribution in [-0.2, 0) is 9.59 Å². The van der Waals surface area contributed by atoms with E-state index in [0.717, 1.165) is 25.7 Å². The Hall–Kier alpha value is -1.91. The fraction of sp³-hybridized carbons (Fsp3) is 0.556. The van der Waals surface area contributed by atoms with E-state index in [1.807, 2.05) is 0 Å². The first kappa shape index (κ1) is 16.0. The molecule has 2 amide bonds. The van der Waals surface area contributed by atoms with Crippen molar-refractivity contribution < 1.29 is 14.0 Å². The lowest BCUT2D eigenvalue weighted by molar-refractivity contribution is -0.125. The van der Waals surface area contributed by atoms with Gasteiger partial charge in [0.2, 0.25) is 11.8 Å². The van der Waals surface area contributed by atoms with Gasteiger partial charge >= 0.3 is 0 Å².